The number of benzene rings is 4. The van der Waals surface area contributed by atoms with Crippen molar-refractivity contribution in [2.75, 3.05) is 0 Å². The standard InChI is InChI=1S/C38H36F6N2O2/c1-2-3-5-21-34(27-13-6-4-7-14-27)46-35(47)28-15-10-20-33(24-28)48-36(22-8-9-23-45,29-16-11-18-31(25-29)37(39,40)41)30-17-12-19-32(26-30)38(42,43)44/h4,6-7,10-20,24-26,34H,2-3,5,8-9,21-22H2,1H3,(H,46,47). The fourth-order valence-corrected chi connectivity index (χ4v) is 5.68. The van der Waals surface area contributed by atoms with Gasteiger partial charge < -0.3 is 10.1 Å². The van der Waals surface area contributed by atoms with Crippen molar-refractivity contribution in [1.82, 2.24) is 5.32 Å². The summed E-state index contributed by atoms with van der Waals surface area (Å²) >= 11 is 0. The van der Waals surface area contributed by atoms with Crippen LogP contribution >= 0.6 is 0 Å². The van der Waals surface area contributed by atoms with Crippen molar-refractivity contribution in [2.24, 2.45) is 0 Å². The van der Waals surface area contributed by atoms with Crippen LogP contribution in [0, 0.1) is 11.3 Å². The van der Waals surface area contributed by atoms with E-state index >= 15 is 0 Å². The molecular weight excluding hydrogens is 630 g/mol. The highest BCUT2D eigenvalue weighted by Gasteiger charge is 2.41. The number of nitrogens with one attached hydrogen (secondary N) is 1. The van der Waals surface area contributed by atoms with Gasteiger partial charge in [-0.05, 0) is 67.3 Å². The third-order valence-electron chi connectivity index (χ3n) is 8.12. The molecule has 4 aromatic rings. The zero-order valence-electron chi connectivity index (χ0n) is 26.4. The van der Waals surface area contributed by atoms with Crippen LogP contribution in [0.25, 0.3) is 0 Å². The number of hydrogen-bond acceptors (Lipinski definition) is 3. The molecule has 0 radical (unpaired) electrons. The fourth-order valence-electron chi connectivity index (χ4n) is 5.68. The van der Waals surface area contributed by atoms with E-state index in [1.54, 1.807) is 6.07 Å². The third kappa shape index (κ3) is 9.18. The topological polar surface area (TPSA) is 62.1 Å². The summed E-state index contributed by atoms with van der Waals surface area (Å²) in [6.45, 7) is 2.08. The molecule has 4 aromatic carbocycles. The maximum absolute atomic E-state index is 13.9. The van der Waals surface area contributed by atoms with Gasteiger partial charge in [0.1, 0.15) is 5.75 Å². The van der Waals surface area contributed by atoms with Crippen molar-refractivity contribution in [1.29, 1.82) is 5.26 Å². The maximum atomic E-state index is 13.9. The highest BCUT2D eigenvalue weighted by Crippen LogP contribution is 2.43. The van der Waals surface area contributed by atoms with Crippen LogP contribution in [0.15, 0.2) is 103 Å². The molecule has 0 saturated carbocycles. The lowest BCUT2D eigenvalue weighted by atomic mass is 9.80. The second-order valence-electron chi connectivity index (χ2n) is 11.6. The van der Waals surface area contributed by atoms with E-state index in [2.05, 4.69) is 12.2 Å². The van der Waals surface area contributed by atoms with Crippen molar-refractivity contribution >= 4 is 5.91 Å². The van der Waals surface area contributed by atoms with Crippen LogP contribution < -0.4 is 10.1 Å². The molecule has 1 atom stereocenters. The Morgan fingerprint density at radius 1 is 0.750 bits per heavy atom. The van der Waals surface area contributed by atoms with Crippen LogP contribution in [-0.2, 0) is 18.0 Å². The molecule has 0 fully saturated rings. The number of amides is 1. The monoisotopic (exact) mass is 666 g/mol. The highest BCUT2D eigenvalue weighted by atomic mass is 19.4. The molecule has 0 aliphatic rings. The number of hydrogen-bond donors (Lipinski definition) is 1. The number of carbonyl (C=O) groups is 1. The Hall–Kier alpha value is -4.78. The van der Waals surface area contributed by atoms with Gasteiger partial charge in [0.2, 0.25) is 0 Å². The number of halogens is 6. The molecule has 10 heteroatoms. The first-order valence-corrected chi connectivity index (χ1v) is 15.7. The van der Waals surface area contributed by atoms with Crippen molar-refractivity contribution in [3.8, 4) is 11.8 Å². The molecular formula is C38H36F6N2O2. The first-order chi connectivity index (χ1) is 22.9. The van der Waals surface area contributed by atoms with Crippen LogP contribution in [0.4, 0.5) is 26.3 Å². The lowest BCUT2D eigenvalue weighted by Gasteiger charge is -2.36. The third-order valence-corrected chi connectivity index (χ3v) is 8.12. The molecule has 4 nitrogen and oxygen atoms in total. The molecule has 1 unspecified atom stereocenters. The Balaban J connectivity index is 1.80. The predicted molar refractivity (Wildman–Crippen MR) is 171 cm³/mol. The Bertz CT molecular complexity index is 1640. The molecule has 0 heterocycles. The minimum Gasteiger partial charge on any atom is -0.478 e. The lowest BCUT2D eigenvalue weighted by Crippen LogP contribution is -2.35. The average Bonchev–Trinajstić information content (AvgIpc) is 3.07. The average molecular weight is 667 g/mol. The zero-order chi connectivity index (χ0) is 34.8. The van der Waals surface area contributed by atoms with Gasteiger partial charge in [-0.15, -0.1) is 0 Å². The second kappa shape index (κ2) is 15.9. The molecule has 0 bridgehead atoms. The smallest absolute Gasteiger partial charge is 0.416 e. The van der Waals surface area contributed by atoms with Gasteiger partial charge in [-0.3, -0.25) is 4.79 Å². The van der Waals surface area contributed by atoms with Gasteiger partial charge in [-0.1, -0.05) is 86.8 Å². The summed E-state index contributed by atoms with van der Waals surface area (Å²) in [5.41, 5.74) is -2.88. The minimum atomic E-state index is -4.74. The molecule has 0 spiro atoms. The van der Waals surface area contributed by atoms with E-state index in [-0.39, 0.29) is 47.7 Å². The summed E-state index contributed by atoms with van der Waals surface area (Å²) in [4.78, 5) is 13.6. The zero-order valence-corrected chi connectivity index (χ0v) is 26.4. The summed E-state index contributed by atoms with van der Waals surface area (Å²) in [6, 6.07) is 25.7. The molecule has 0 aliphatic heterocycles. The number of ether oxygens (including phenoxy) is 1. The van der Waals surface area contributed by atoms with Crippen molar-refractivity contribution < 1.29 is 35.9 Å². The Labute approximate surface area is 276 Å². The molecule has 252 valence electrons. The largest absolute Gasteiger partial charge is 0.478 e. The van der Waals surface area contributed by atoms with Gasteiger partial charge in [0.15, 0.2) is 5.60 Å². The first kappa shape index (κ1) is 36.1. The van der Waals surface area contributed by atoms with Crippen LogP contribution in [-0.4, -0.2) is 5.91 Å². The van der Waals surface area contributed by atoms with E-state index in [4.69, 9.17) is 4.74 Å². The van der Waals surface area contributed by atoms with Crippen LogP contribution in [0.2, 0.25) is 0 Å². The quantitative estimate of drug-likeness (QED) is 0.108. The second-order valence-corrected chi connectivity index (χ2v) is 11.6. The van der Waals surface area contributed by atoms with E-state index in [1.165, 1.54) is 42.5 Å². The van der Waals surface area contributed by atoms with E-state index < -0.39 is 35.0 Å². The molecule has 1 N–H and O–H groups in total. The van der Waals surface area contributed by atoms with Crippen molar-refractivity contribution in [2.45, 2.75) is 75.9 Å². The Kier molecular flexibility index (Phi) is 11.9. The van der Waals surface area contributed by atoms with E-state index in [0.29, 0.717) is 6.42 Å². The van der Waals surface area contributed by atoms with E-state index in [0.717, 1.165) is 49.1 Å². The van der Waals surface area contributed by atoms with Crippen LogP contribution in [0.3, 0.4) is 0 Å². The normalized spacial score (nSPS) is 12.6. The first-order valence-electron chi connectivity index (χ1n) is 15.7. The van der Waals surface area contributed by atoms with Gasteiger partial charge in [0, 0.05) is 23.1 Å². The van der Waals surface area contributed by atoms with Crippen LogP contribution in [0.1, 0.15) is 96.1 Å². The highest BCUT2D eigenvalue weighted by molar-refractivity contribution is 5.94. The summed E-state index contributed by atoms with van der Waals surface area (Å²) < 4.78 is 89.9. The van der Waals surface area contributed by atoms with Gasteiger partial charge in [0.25, 0.3) is 5.91 Å². The van der Waals surface area contributed by atoms with Crippen molar-refractivity contribution in [3.05, 3.63) is 137 Å². The SMILES string of the molecule is CCCCCC(NC(=O)c1cccc(OC(CCCC#N)(c2cccc(C(F)(F)F)c2)c2cccc(C(F)(F)F)c2)c1)c1ccccc1. The van der Waals surface area contributed by atoms with Gasteiger partial charge in [-0.2, -0.15) is 31.6 Å². The summed E-state index contributed by atoms with van der Waals surface area (Å²) in [5.74, 6) is -0.365. The minimum absolute atomic E-state index is 0.0234. The van der Waals surface area contributed by atoms with E-state index in [9.17, 15) is 36.4 Å². The molecule has 0 aliphatic carbocycles. The number of carbonyl (C=O) groups excluding carboxylic acids is 1. The molecule has 1 amide bonds. The molecule has 48 heavy (non-hydrogen) atoms. The summed E-state index contributed by atoms with van der Waals surface area (Å²) in [6.07, 6.45) is -5.97. The number of rotatable bonds is 14. The van der Waals surface area contributed by atoms with Gasteiger partial charge in [0.05, 0.1) is 23.2 Å². The van der Waals surface area contributed by atoms with Gasteiger partial charge in [-0.25, -0.2) is 0 Å². The van der Waals surface area contributed by atoms with Crippen molar-refractivity contribution in [3.63, 3.8) is 0 Å². The Morgan fingerprint density at radius 2 is 1.33 bits per heavy atom. The maximum Gasteiger partial charge on any atom is 0.416 e. The number of unbranched alkanes of at least 4 members (excludes halogenated alkanes) is 3. The summed E-state index contributed by atoms with van der Waals surface area (Å²) in [5, 5.41) is 12.4. The number of nitriles is 1. The Morgan fingerprint density at radius 3 is 1.90 bits per heavy atom. The van der Waals surface area contributed by atoms with E-state index in [1.807, 2.05) is 36.4 Å². The number of alkyl halides is 6. The molecule has 0 saturated heterocycles. The number of nitrogens with zero attached hydrogens (tertiary/aromatic N) is 1. The van der Waals surface area contributed by atoms with Crippen LogP contribution in [0.5, 0.6) is 5.75 Å². The molecule has 0 aromatic heterocycles. The predicted octanol–water partition coefficient (Wildman–Crippen LogP) is 10.8. The summed E-state index contributed by atoms with van der Waals surface area (Å²) in [7, 11) is 0. The lowest BCUT2D eigenvalue weighted by molar-refractivity contribution is -0.138. The molecule has 4 rings (SSSR count). The van der Waals surface area contributed by atoms with Gasteiger partial charge >= 0.3 is 12.4 Å². The fraction of sp³-hybridized carbons (Fsp3) is 0.316.